The third-order valence-corrected chi connectivity index (χ3v) is 4.91. The minimum absolute atomic E-state index is 0.0585. The van der Waals surface area contributed by atoms with Crippen molar-refractivity contribution in [3.05, 3.63) is 35.4 Å². The van der Waals surface area contributed by atoms with Crippen LogP contribution >= 0.6 is 0 Å². The average Bonchev–Trinajstić information content (AvgIpc) is 3.03. The zero-order valence-electron chi connectivity index (χ0n) is 12.9. The van der Waals surface area contributed by atoms with E-state index < -0.39 is 11.9 Å². The lowest BCUT2D eigenvalue weighted by Gasteiger charge is -2.34. The van der Waals surface area contributed by atoms with Crippen LogP contribution in [0.15, 0.2) is 24.3 Å². The Morgan fingerprint density at radius 2 is 1.95 bits per heavy atom. The molecule has 5 heteroatoms. The van der Waals surface area contributed by atoms with Crippen molar-refractivity contribution in [1.82, 2.24) is 9.80 Å². The molecule has 0 unspecified atom stereocenters. The van der Waals surface area contributed by atoms with Crippen molar-refractivity contribution in [2.75, 3.05) is 19.6 Å². The zero-order chi connectivity index (χ0) is 15.7. The molecule has 2 heterocycles. The second-order valence-corrected chi connectivity index (χ2v) is 6.27. The Morgan fingerprint density at radius 1 is 1.23 bits per heavy atom. The van der Waals surface area contributed by atoms with Gasteiger partial charge in [0.05, 0.1) is 12.0 Å². The van der Waals surface area contributed by atoms with Crippen molar-refractivity contribution in [2.24, 2.45) is 5.92 Å². The van der Waals surface area contributed by atoms with Gasteiger partial charge in [0.25, 0.3) is 0 Å². The normalized spacial score (nSPS) is 23.1. The highest BCUT2D eigenvalue weighted by Gasteiger charge is 2.35. The first-order valence-corrected chi connectivity index (χ1v) is 7.88. The van der Waals surface area contributed by atoms with Gasteiger partial charge in [0.15, 0.2) is 0 Å². The first-order chi connectivity index (χ1) is 10.6. The summed E-state index contributed by atoms with van der Waals surface area (Å²) in [5.74, 6) is -1.14. The minimum Gasteiger partial charge on any atom is -0.481 e. The van der Waals surface area contributed by atoms with Crippen LogP contribution in [0.4, 0.5) is 0 Å². The summed E-state index contributed by atoms with van der Waals surface area (Å²) in [6.07, 6.45) is 1.53. The van der Waals surface area contributed by atoms with Crippen LogP contribution in [-0.4, -0.2) is 52.5 Å². The van der Waals surface area contributed by atoms with Crippen molar-refractivity contribution < 1.29 is 14.7 Å². The number of carbonyl (C=O) groups is 2. The van der Waals surface area contributed by atoms with E-state index in [4.69, 9.17) is 5.11 Å². The molecule has 0 radical (unpaired) electrons. The number of hydrogen-bond donors (Lipinski definition) is 1. The monoisotopic (exact) mass is 302 g/mol. The summed E-state index contributed by atoms with van der Waals surface area (Å²) in [5, 5.41) is 9.06. The highest BCUT2D eigenvalue weighted by atomic mass is 16.4. The largest absolute Gasteiger partial charge is 0.481 e. The quantitative estimate of drug-likeness (QED) is 0.916. The Morgan fingerprint density at radius 3 is 2.64 bits per heavy atom. The molecule has 1 N–H and O–H groups in total. The molecule has 0 saturated carbocycles. The maximum absolute atomic E-state index is 12.6. The van der Waals surface area contributed by atoms with Crippen LogP contribution in [0.2, 0.25) is 0 Å². The fraction of sp³-hybridized carbons (Fsp3) is 0.529. The van der Waals surface area contributed by atoms with E-state index in [1.54, 1.807) is 4.90 Å². The first kappa shape index (κ1) is 15.0. The molecule has 1 aromatic carbocycles. The van der Waals surface area contributed by atoms with Crippen LogP contribution in [0.25, 0.3) is 0 Å². The topological polar surface area (TPSA) is 60.9 Å². The zero-order valence-corrected chi connectivity index (χ0v) is 12.9. The Labute approximate surface area is 130 Å². The molecule has 1 saturated heterocycles. The van der Waals surface area contributed by atoms with Crippen LogP contribution in [-0.2, 0) is 22.6 Å². The van der Waals surface area contributed by atoms with E-state index in [2.05, 4.69) is 23.1 Å². The second-order valence-electron chi connectivity index (χ2n) is 6.27. The third kappa shape index (κ3) is 2.86. The summed E-state index contributed by atoms with van der Waals surface area (Å²) < 4.78 is 0. The van der Waals surface area contributed by atoms with Crippen molar-refractivity contribution >= 4 is 11.9 Å². The van der Waals surface area contributed by atoms with Gasteiger partial charge in [-0.1, -0.05) is 24.3 Å². The lowest BCUT2D eigenvalue weighted by molar-refractivity contribution is -0.141. The van der Waals surface area contributed by atoms with Gasteiger partial charge in [0.1, 0.15) is 0 Å². The molecule has 2 aliphatic rings. The third-order valence-electron chi connectivity index (χ3n) is 4.91. The van der Waals surface area contributed by atoms with Crippen molar-refractivity contribution in [3.8, 4) is 0 Å². The number of rotatable bonds is 3. The number of carbonyl (C=O) groups excluding carboxylic acids is 1. The number of nitrogens with zero attached hydrogens (tertiary/aromatic N) is 2. The van der Waals surface area contributed by atoms with E-state index in [1.807, 2.05) is 13.0 Å². The number of carboxylic acids is 1. The number of carboxylic acid groups (broad SMARTS) is 1. The molecule has 22 heavy (non-hydrogen) atoms. The molecule has 2 aliphatic heterocycles. The maximum Gasteiger partial charge on any atom is 0.308 e. The van der Waals surface area contributed by atoms with Gasteiger partial charge in [-0.25, -0.2) is 0 Å². The molecule has 0 aliphatic carbocycles. The van der Waals surface area contributed by atoms with Gasteiger partial charge in [-0.05, 0) is 30.9 Å². The van der Waals surface area contributed by atoms with Crippen molar-refractivity contribution in [3.63, 3.8) is 0 Å². The first-order valence-electron chi connectivity index (χ1n) is 7.88. The maximum atomic E-state index is 12.6. The van der Waals surface area contributed by atoms with E-state index in [1.165, 1.54) is 11.1 Å². The van der Waals surface area contributed by atoms with Gasteiger partial charge < -0.3 is 10.0 Å². The van der Waals surface area contributed by atoms with Crippen molar-refractivity contribution in [2.45, 2.75) is 32.4 Å². The molecular weight excluding hydrogens is 280 g/mol. The highest BCUT2D eigenvalue weighted by Crippen LogP contribution is 2.23. The molecule has 0 aromatic heterocycles. The number of benzene rings is 1. The Hall–Kier alpha value is -1.88. The summed E-state index contributed by atoms with van der Waals surface area (Å²) in [6, 6.07) is 8.17. The van der Waals surface area contributed by atoms with Crippen LogP contribution in [0, 0.1) is 5.92 Å². The second kappa shape index (κ2) is 6.08. The summed E-state index contributed by atoms with van der Waals surface area (Å²) in [7, 11) is 0. The summed E-state index contributed by atoms with van der Waals surface area (Å²) >= 11 is 0. The summed E-state index contributed by atoms with van der Waals surface area (Å²) in [4.78, 5) is 27.6. The van der Waals surface area contributed by atoms with E-state index in [0.717, 1.165) is 19.5 Å². The van der Waals surface area contributed by atoms with Crippen LogP contribution in [0.5, 0.6) is 0 Å². The van der Waals surface area contributed by atoms with E-state index in [0.29, 0.717) is 19.5 Å². The highest BCUT2D eigenvalue weighted by molar-refractivity contribution is 5.83. The molecule has 1 fully saturated rings. The molecular formula is C17H22N2O3. The Bertz CT molecular complexity index is 587. The predicted octanol–water partition coefficient (Wildman–Crippen LogP) is 1.37. The number of hydrogen-bond acceptors (Lipinski definition) is 3. The average molecular weight is 302 g/mol. The van der Waals surface area contributed by atoms with Gasteiger partial charge in [-0.2, -0.15) is 0 Å². The lowest BCUT2D eigenvalue weighted by atomic mass is 9.98. The van der Waals surface area contributed by atoms with E-state index in [-0.39, 0.29) is 11.9 Å². The number of amides is 1. The van der Waals surface area contributed by atoms with Crippen LogP contribution < -0.4 is 0 Å². The lowest BCUT2D eigenvalue weighted by Crippen LogP contribution is -2.48. The SMILES string of the molecule is C[C@@H](C(=O)N1CC[C@@H](C(=O)O)C1)N1CCc2ccccc2C1. The van der Waals surface area contributed by atoms with Crippen LogP contribution in [0.1, 0.15) is 24.5 Å². The number of likely N-dealkylation sites (tertiary alicyclic amines) is 1. The molecule has 0 spiro atoms. The van der Waals surface area contributed by atoms with Gasteiger partial charge in [0.2, 0.25) is 5.91 Å². The van der Waals surface area contributed by atoms with Gasteiger partial charge in [-0.3, -0.25) is 14.5 Å². The number of aliphatic carboxylic acids is 1. The van der Waals surface area contributed by atoms with Gasteiger partial charge >= 0.3 is 5.97 Å². The Kier molecular flexibility index (Phi) is 4.16. The van der Waals surface area contributed by atoms with E-state index in [9.17, 15) is 9.59 Å². The van der Waals surface area contributed by atoms with Crippen molar-refractivity contribution in [1.29, 1.82) is 0 Å². The van der Waals surface area contributed by atoms with Crippen LogP contribution in [0.3, 0.4) is 0 Å². The smallest absolute Gasteiger partial charge is 0.308 e. The van der Waals surface area contributed by atoms with Gasteiger partial charge in [0, 0.05) is 26.2 Å². The standard InChI is InChI=1S/C17H22N2O3/c1-12(16(20)19-9-7-15(11-19)17(21)22)18-8-6-13-4-2-3-5-14(13)10-18/h2-5,12,15H,6-11H2,1H3,(H,21,22)/t12-,15+/m0/s1. The summed E-state index contributed by atoms with van der Waals surface area (Å²) in [6.45, 7) is 4.51. The molecule has 118 valence electrons. The Balaban J connectivity index is 1.64. The van der Waals surface area contributed by atoms with Gasteiger partial charge in [-0.15, -0.1) is 0 Å². The molecule has 1 aromatic rings. The van der Waals surface area contributed by atoms with E-state index >= 15 is 0 Å². The predicted molar refractivity (Wildman–Crippen MR) is 82.3 cm³/mol. The molecule has 5 nitrogen and oxygen atoms in total. The molecule has 2 atom stereocenters. The molecule has 3 rings (SSSR count). The molecule has 0 bridgehead atoms. The summed E-state index contributed by atoms with van der Waals surface area (Å²) in [5.41, 5.74) is 2.66. The minimum atomic E-state index is -0.796. The fourth-order valence-electron chi connectivity index (χ4n) is 3.43. The molecule has 1 amide bonds. The number of fused-ring (bicyclic) bond motifs is 1. The fourth-order valence-corrected chi connectivity index (χ4v) is 3.43.